The Morgan fingerprint density at radius 1 is 1.12 bits per heavy atom. The highest BCUT2D eigenvalue weighted by molar-refractivity contribution is 6.27. The number of nitrogens with zero attached hydrogens (tertiary/aromatic N) is 2. The minimum Gasteiger partial charge on any atom is -0.338 e. The molecule has 0 atom stereocenters. The summed E-state index contributed by atoms with van der Waals surface area (Å²) < 4.78 is 0. The average Bonchev–Trinajstić information content (AvgIpc) is 2.69. The van der Waals surface area contributed by atoms with E-state index in [9.17, 15) is 9.59 Å². The lowest BCUT2D eigenvalue weighted by molar-refractivity contribution is -0.129. The van der Waals surface area contributed by atoms with Crippen molar-refractivity contribution in [2.75, 3.05) is 19.0 Å². The van der Waals surface area contributed by atoms with E-state index in [2.05, 4.69) is 12.2 Å². The van der Waals surface area contributed by atoms with Crippen molar-refractivity contribution in [3.63, 3.8) is 0 Å². The Morgan fingerprint density at radius 2 is 1.84 bits per heavy atom. The number of halogens is 1. The maximum atomic E-state index is 12.6. The Morgan fingerprint density at radius 3 is 2.44 bits per heavy atom. The smallest absolute Gasteiger partial charge is 0.253 e. The first-order chi connectivity index (χ1) is 12.2. The van der Waals surface area contributed by atoms with Gasteiger partial charge in [-0.3, -0.25) is 9.59 Å². The van der Waals surface area contributed by atoms with Crippen LogP contribution < -0.4 is 0 Å². The van der Waals surface area contributed by atoms with E-state index in [0.717, 1.165) is 31.4 Å². The summed E-state index contributed by atoms with van der Waals surface area (Å²) in [6, 6.07) is 9.44. The van der Waals surface area contributed by atoms with E-state index < -0.39 is 0 Å². The van der Waals surface area contributed by atoms with Crippen molar-refractivity contribution < 1.29 is 9.59 Å². The van der Waals surface area contributed by atoms with Crippen LogP contribution in [-0.2, 0) is 4.79 Å². The zero-order valence-electron chi connectivity index (χ0n) is 14.2. The fourth-order valence-corrected chi connectivity index (χ4v) is 3.62. The van der Waals surface area contributed by atoms with E-state index in [0.29, 0.717) is 18.7 Å². The number of likely N-dealkylation sites (tertiary alicyclic amines) is 1. The second-order valence-electron chi connectivity index (χ2n) is 6.40. The molecule has 1 heterocycles. The predicted octanol–water partition coefficient (Wildman–Crippen LogP) is 3.59. The zero-order valence-corrected chi connectivity index (χ0v) is 15.0. The van der Waals surface area contributed by atoms with Crippen molar-refractivity contribution in [1.29, 1.82) is 0 Å². The van der Waals surface area contributed by atoms with Crippen LogP contribution in [0.25, 0.3) is 0 Å². The standard InChI is InChI=1S/C20H23ClN2O2/c21-15-19(24)23(17-9-5-2-6-10-17)18-11-13-22(14-12-18)20(25)16-7-3-1-4-8-16/h1,3-5,7-10,18H,2,6,11-15H2. The summed E-state index contributed by atoms with van der Waals surface area (Å²) in [6.07, 6.45) is 9.71. The van der Waals surface area contributed by atoms with Gasteiger partial charge in [0.2, 0.25) is 5.91 Å². The van der Waals surface area contributed by atoms with Crippen LogP contribution in [-0.4, -0.2) is 46.6 Å². The first kappa shape index (κ1) is 17.7. The summed E-state index contributed by atoms with van der Waals surface area (Å²) in [7, 11) is 0. The summed E-state index contributed by atoms with van der Waals surface area (Å²) >= 11 is 5.84. The van der Waals surface area contributed by atoms with Crippen molar-refractivity contribution in [2.24, 2.45) is 0 Å². The summed E-state index contributed by atoms with van der Waals surface area (Å²) in [4.78, 5) is 28.7. The lowest BCUT2D eigenvalue weighted by Crippen LogP contribution is -2.48. The van der Waals surface area contributed by atoms with Crippen molar-refractivity contribution >= 4 is 23.4 Å². The van der Waals surface area contributed by atoms with Crippen LogP contribution in [0.15, 0.2) is 54.3 Å². The monoisotopic (exact) mass is 358 g/mol. The van der Waals surface area contributed by atoms with Crippen LogP contribution in [0.4, 0.5) is 0 Å². The number of benzene rings is 1. The van der Waals surface area contributed by atoms with Gasteiger partial charge in [0.1, 0.15) is 5.88 Å². The number of piperidine rings is 1. The number of alkyl halides is 1. The van der Waals surface area contributed by atoms with Crippen LogP contribution in [0.3, 0.4) is 0 Å². The lowest BCUT2D eigenvalue weighted by atomic mass is 10.00. The molecule has 5 heteroatoms. The lowest BCUT2D eigenvalue weighted by Gasteiger charge is -2.39. The average molecular weight is 359 g/mol. The Labute approximate surface area is 153 Å². The van der Waals surface area contributed by atoms with Crippen molar-refractivity contribution in [3.05, 3.63) is 59.8 Å². The van der Waals surface area contributed by atoms with Crippen LogP contribution in [0.1, 0.15) is 36.0 Å². The third-order valence-corrected chi connectivity index (χ3v) is 5.00. The minimum atomic E-state index is -0.0627. The molecule has 1 saturated heterocycles. The molecule has 0 N–H and O–H groups in total. The highest BCUT2D eigenvalue weighted by Crippen LogP contribution is 2.25. The van der Waals surface area contributed by atoms with Crippen molar-refractivity contribution in [1.82, 2.24) is 9.80 Å². The van der Waals surface area contributed by atoms with Gasteiger partial charge in [-0.1, -0.05) is 30.4 Å². The highest BCUT2D eigenvalue weighted by Gasteiger charge is 2.31. The molecule has 1 aromatic rings. The predicted molar refractivity (Wildman–Crippen MR) is 99.4 cm³/mol. The molecule has 0 spiro atoms. The molecule has 1 aromatic carbocycles. The molecule has 0 aromatic heterocycles. The van der Waals surface area contributed by atoms with E-state index >= 15 is 0 Å². The third kappa shape index (κ3) is 4.13. The van der Waals surface area contributed by atoms with E-state index in [1.165, 1.54) is 0 Å². The normalized spacial score (nSPS) is 18.0. The molecule has 25 heavy (non-hydrogen) atoms. The molecule has 1 fully saturated rings. The molecule has 3 rings (SSSR count). The number of amides is 2. The first-order valence-corrected chi connectivity index (χ1v) is 9.33. The Bertz CT molecular complexity index is 676. The van der Waals surface area contributed by atoms with Gasteiger partial charge in [-0.15, -0.1) is 11.6 Å². The summed E-state index contributed by atoms with van der Waals surface area (Å²) in [6.45, 7) is 1.31. The van der Waals surface area contributed by atoms with E-state index in [4.69, 9.17) is 11.6 Å². The summed E-state index contributed by atoms with van der Waals surface area (Å²) in [5.41, 5.74) is 1.66. The van der Waals surface area contributed by atoms with Gasteiger partial charge >= 0.3 is 0 Å². The fraction of sp³-hybridized carbons (Fsp3) is 0.400. The minimum absolute atomic E-state index is 0.0195. The molecule has 2 amide bonds. The van der Waals surface area contributed by atoms with Gasteiger partial charge in [0.05, 0.1) is 0 Å². The molecule has 0 bridgehead atoms. The topological polar surface area (TPSA) is 40.6 Å². The van der Waals surface area contributed by atoms with Gasteiger partial charge in [0, 0.05) is 30.4 Å². The molecular weight excluding hydrogens is 336 g/mol. The van der Waals surface area contributed by atoms with Crippen LogP contribution >= 0.6 is 11.6 Å². The van der Waals surface area contributed by atoms with Gasteiger partial charge < -0.3 is 9.80 Å². The van der Waals surface area contributed by atoms with Crippen LogP contribution in [0.5, 0.6) is 0 Å². The van der Waals surface area contributed by atoms with Gasteiger partial charge in [-0.2, -0.15) is 0 Å². The number of hydrogen-bond donors (Lipinski definition) is 0. The first-order valence-electron chi connectivity index (χ1n) is 8.79. The number of carbonyl (C=O) groups is 2. The van der Waals surface area contributed by atoms with Gasteiger partial charge in [0.25, 0.3) is 5.91 Å². The maximum absolute atomic E-state index is 12.6. The van der Waals surface area contributed by atoms with Crippen LogP contribution in [0, 0.1) is 0 Å². The zero-order chi connectivity index (χ0) is 17.6. The number of carbonyl (C=O) groups excluding carboxylic acids is 2. The number of hydrogen-bond acceptors (Lipinski definition) is 2. The Balaban J connectivity index is 1.67. The third-order valence-electron chi connectivity index (χ3n) is 4.77. The Hall–Kier alpha value is -2.07. The fourth-order valence-electron chi connectivity index (χ4n) is 3.49. The van der Waals surface area contributed by atoms with Crippen molar-refractivity contribution in [3.8, 4) is 0 Å². The molecule has 132 valence electrons. The van der Waals surface area contributed by atoms with Gasteiger partial charge in [-0.25, -0.2) is 0 Å². The molecule has 4 nitrogen and oxygen atoms in total. The largest absolute Gasteiger partial charge is 0.338 e. The van der Waals surface area contributed by atoms with E-state index in [-0.39, 0.29) is 23.7 Å². The number of rotatable bonds is 4. The Kier molecular flexibility index (Phi) is 5.92. The number of allylic oxidation sites excluding steroid dienone is 3. The quantitative estimate of drug-likeness (QED) is 0.772. The highest BCUT2D eigenvalue weighted by atomic mass is 35.5. The molecule has 0 radical (unpaired) electrons. The molecule has 1 aliphatic carbocycles. The molecule has 2 aliphatic rings. The van der Waals surface area contributed by atoms with Gasteiger partial charge in [-0.05, 0) is 43.9 Å². The second-order valence-corrected chi connectivity index (χ2v) is 6.66. The molecule has 0 unspecified atom stereocenters. The van der Waals surface area contributed by atoms with Gasteiger partial charge in [0.15, 0.2) is 0 Å². The summed E-state index contributed by atoms with van der Waals surface area (Å²) in [5, 5.41) is 0. The molecular formula is C20H23ClN2O2. The molecule has 1 aliphatic heterocycles. The van der Waals surface area contributed by atoms with E-state index in [1.54, 1.807) is 0 Å². The van der Waals surface area contributed by atoms with Crippen molar-refractivity contribution in [2.45, 2.75) is 31.7 Å². The maximum Gasteiger partial charge on any atom is 0.253 e. The second kappa shape index (κ2) is 8.34. The molecule has 0 saturated carbocycles. The van der Waals surface area contributed by atoms with E-state index in [1.807, 2.05) is 46.2 Å². The van der Waals surface area contributed by atoms with Crippen LogP contribution in [0.2, 0.25) is 0 Å². The summed E-state index contributed by atoms with van der Waals surface area (Å²) in [5.74, 6) is -0.0210. The SMILES string of the molecule is O=C(c1ccccc1)N1CCC(N(C(=O)CCl)C2=CCCC=C2)CC1.